The summed E-state index contributed by atoms with van der Waals surface area (Å²) in [5.41, 5.74) is 0. The molecule has 0 bridgehead atoms. The van der Waals surface area contributed by atoms with Crippen LogP contribution in [0.3, 0.4) is 0 Å². The molecule has 16 heteroatoms. The maximum absolute atomic E-state index is 10.9. The molecule has 0 radical (unpaired) electrons. The van der Waals surface area contributed by atoms with Crippen molar-refractivity contribution in [1.82, 2.24) is 0 Å². The van der Waals surface area contributed by atoms with Crippen molar-refractivity contribution in [2.45, 2.75) is 76.4 Å². The number of carbonyl (C=O) groups is 3. The van der Waals surface area contributed by atoms with E-state index in [4.69, 9.17) is 27.2 Å². The van der Waals surface area contributed by atoms with E-state index in [1.807, 2.05) is 0 Å². The van der Waals surface area contributed by atoms with E-state index in [0.717, 1.165) is 24.8 Å². The Balaban J connectivity index is 0.000000371. The topological polar surface area (TPSA) is 145 Å². The van der Waals surface area contributed by atoms with Crippen molar-refractivity contribution in [1.29, 1.82) is 0 Å². The van der Waals surface area contributed by atoms with Gasteiger partial charge in [-0.05, 0) is 64.2 Å². The van der Waals surface area contributed by atoms with Gasteiger partial charge < -0.3 is 46.2 Å². The lowest BCUT2D eigenvalue weighted by Gasteiger charge is -2.21. The third-order valence-corrected chi connectivity index (χ3v) is 14.7. The minimum atomic E-state index is -2.04. The van der Waals surface area contributed by atoms with E-state index in [2.05, 4.69) is 48.8 Å². The zero-order valence-corrected chi connectivity index (χ0v) is 27.2. The van der Waals surface area contributed by atoms with E-state index in [1.54, 1.807) is 0 Å². The van der Waals surface area contributed by atoms with Gasteiger partial charge in [-0.3, -0.25) is 0 Å². The molecule has 2 aliphatic heterocycles. The Morgan fingerprint density at radius 3 is 1.68 bits per heavy atom. The van der Waals surface area contributed by atoms with Gasteiger partial charge in [-0.2, -0.15) is 0 Å². The summed E-state index contributed by atoms with van der Waals surface area (Å²) in [5.74, 6) is 0.991. The molecule has 216 valence electrons. The summed E-state index contributed by atoms with van der Waals surface area (Å²) in [7, 11) is -7.01. The lowest BCUT2D eigenvalue weighted by molar-refractivity contribution is 0.0458. The number of carbonyl (C=O) groups excluding carboxylic acids is 3. The average Bonchev–Trinajstić information content (AvgIpc) is 3.38. The molecule has 0 aliphatic carbocycles. The Kier molecular flexibility index (Phi) is 16.0. The molecule has 0 saturated carbocycles. The lowest BCUT2D eigenvalue weighted by Crippen LogP contribution is -2.36. The van der Waals surface area contributed by atoms with Crippen LogP contribution in [-0.4, -0.2) is 110 Å². The van der Waals surface area contributed by atoms with Gasteiger partial charge in [0.05, 0.1) is 13.2 Å². The third-order valence-electron chi connectivity index (χ3n) is 4.57. The van der Waals surface area contributed by atoms with Gasteiger partial charge >= 0.3 is 21.6 Å². The Hall–Kier alpha value is -1.12. The molecule has 0 spiro atoms. The fourth-order valence-corrected chi connectivity index (χ4v) is 12.4. The first-order chi connectivity index (χ1) is 17.3. The van der Waals surface area contributed by atoms with Gasteiger partial charge in [0.1, 0.15) is 19.1 Å². The second kappa shape index (κ2) is 17.5. The van der Waals surface area contributed by atoms with Crippen LogP contribution in [0.2, 0.25) is 51.4 Å². The van der Waals surface area contributed by atoms with E-state index in [-0.39, 0.29) is 25.4 Å². The molecule has 4 atom stereocenters. The van der Waals surface area contributed by atoms with Crippen LogP contribution in [0.5, 0.6) is 0 Å². The molecule has 2 heterocycles. The quantitative estimate of drug-likeness (QED) is 0.113. The van der Waals surface area contributed by atoms with Crippen molar-refractivity contribution >= 4 is 53.2 Å². The first kappa shape index (κ1) is 33.9. The molecule has 2 aliphatic rings. The fourth-order valence-electron chi connectivity index (χ4n) is 3.15. The summed E-state index contributed by atoms with van der Waals surface area (Å²) in [6, 6.07) is 1.47. The Bertz CT molecular complexity index is 685. The average molecular weight is 601 g/mol. The summed E-state index contributed by atoms with van der Waals surface area (Å²) in [6.07, 6.45) is -0.302. The second-order valence-electron chi connectivity index (χ2n) is 10.6. The van der Waals surface area contributed by atoms with Gasteiger partial charge in [0, 0.05) is 13.2 Å². The molecule has 37 heavy (non-hydrogen) atoms. The highest BCUT2D eigenvalue weighted by molar-refractivity contribution is 6.88. The van der Waals surface area contributed by atoms with Crippen molar-refractivity contribution in [2.24, 2.45) is 0 Å². The molecule has 0 amide bonds. The minimum absolute atomic E-state index is 0.253. The summed E-state index contributed by atoms with van der Waals surface area (Å²) in [4.78, 5) is 42.0. The second-order valence-corrected chi connectivity index (χ2v) is 24.4. The molecular formula is C21H44O12Si4. The fraction of sp³-hybridized carbons (Fsp3) is 0.857. The number of hydrogen-bond acceptors (Lipinski definition) is 12. The summed E-state index contributed by atoms with van der Waals surface area (Å²) in [6.45, 7) is 14.7. The van der Waals surface area contributed by atoms with Crippen LogP contribution >= 0.6 is 0 Å². The summed E-state index contributed by atoms with van der Waals surface area (Å²) in [5, 5.41) is 0. The largest absolute Gasteiger partial charge is 0.508 e. The van der Waals surface area contributed by atoms with Gasteiger partial charge in [-0.15, -0.1) is 0 Å². The standard InChI is InChI=1S/C11H22O6Si2.C10H22O6Si2/c1-19(2,3)17-18(9-12)6-4-5-14-7-10-8-15-11(13)16-10;1-18(2,3)16-17(12)6-4-5-13-7-9-8-14-10(11)15-9/h9-10,18H,4-8H2,1-3H3;9,12,17H,4-8H2,1-3H3. The van der Waals surface area contributed by atoms with E-state index in [1.165, 1.54) is 0 Å². The normalized spacial score (nSPS) is 21.2. The highest BCUT2D eigenvalue weighted by atomic mass is 28.4. The van der Waals surface area contributed by atoms with E-state index < -0.39 is 47.3 Å². The van der Waals surface area contributed by atoms with Crippen molar-refractivity contribution in [3.05, 3.63) is 0 Å². The van der Waals surface area contributed by atoms with Crippen molar-refractivity contribution in [2.75, 3.05) is 39.6 Å². The Morgan fingerprint density at radius 1 is 0.838 bits per heavy atom. The lowest BCUT2D eigenvalue weighted by atomic mass is 10.4. The first-order valence-corrected chi connectivity index (χ1v) is 23.2. The van der Waals surface area contributed by atoms with Gasteiger partial charge in [0.15, 0.2) is 28.8 Å². The molecular weight excluding hydrogens is 557 g/mol. The molecule has 2 rings (SSSR count). The molecule has 2 fully saturated rings. The monoisotopic (exact) mass is 600 g/mol. The van der Waals surface area contributed by atoms with Crippen LogP contribution in [0.4, 0.5) is 9.59 Å². The van der Waals surface area contributed by atoms with Crippen LogP contribution in [0.1, 0.15) is 12.8 Å². The highest BCUT2D eigenvalue weighted by Crippen LogP contribution is 2.11. The Labute approximate surface area is 225 Å². The third kappa shape index (κ3) is 18.7. The van der Waals surface area contributed by atoms with Crippen LogP contribution in [0, 0.1) is 0 Å². The van der Waals surface area contributed by atoms with E-state index in [0.29, 0.717) is 32.5 Å². The number of hydrogen-bond donors (Lipinski definition) is 1. The molecule has 0 aromatic carbocycles. The molecule has 1 N–H and O–H groups in total. The minimum Gasteiger partial charge on any atom is -0.453 e. The van der Waals surface area contributed by atoms with Crippen LogP contribution in [0.15, 0.2) is 0 Å². The van der Waals surface area contributed by atoms with Crippen molar-refractivity contribution < 1.29 is 55.8 Å². The smallest absolute Gasteiger partial charge is 0.453 e. The molecule has 12 nitrogen and oxygen atoms in total. The van der Waals surface area contributed by atoms with E-state index >= 15 is 0 Å². The highest BCUT2D eigenvalue weighted by Gasteiger charge is 2.26. The van der Waals surface area contributed by atoms with E-state index in [9.17, 15) is 19.2 Å². The zero-order chi connectivity index (χ0) is 27.9. The predicted molar refractivity (Wildman–Crippen MR) is 145 cm³/mol. The maximum Gasteiger partial charge on any atom is 0.508 e. The summed E-state index contributed by atoms with van der Waals surface area (Å²) >= 11 is 0. The molecule has 2 saturated heterocycles. The molecule has 4 unspecified atom stereocenters. The van der Waals surface area contributed by atoms with Gasteiger partial charge in [0.25, 0.3) is 0 Å². The SMILES string of the molecule is C[Si](C)(C)O[SiH](C=O)CCCOCC1COC(=O)O1.C[Si](C)(C)O[SiH](O)CCCOCC1COC(=O)O1. The predicted octanol–water partition coefficient (Wildman–Crippen LogP) is 2.27. The summed E-state index contributed by atoms with van der Waals surface area (Å²) < 4.78 is 41.1. The first-order valence-electron chi connectivity index (χ1n) is 12.6. The van der Waals surface area contributed by atoms with Crippen molar-refractivity contribution in [3.63, 3.8) is 0 Å². The van der Waals surface area contributed by atoms with Crippen LogP contribution in [-0.2, 0) is 41.4 Å². The van der Waals surface area contributed by atoms with Crippen LogP contribution < -0.4 is 0 Å². The van der Waals surface area contributed by atoms with Gasteiger partial charge in [0.2, 0.25) is 9.04 Å². The van der Waals surface area contributed by atoms with Crippen LogP contribution in [0.25, 0.3) is 0 Å². The molecule has 0 aromatic heterocycles. The number of rotatable bonds is 17. The maximum atomic E-state index is 10.9. The Morgan fingerprint density at radius 2 is 1.30 bits per heavy atom. The zero-order valence-electron chi connectivity index (χ0n) is 22.9. The number of ether oxygens (including phenoxy) is 6. The van der Waals surface area contributed by atoms with Crippen molar-refractivity contribution in [3.8, 4) is 0 Å². The van der Waals surface area contributed by atoms with Gasteiger partial charge in [-0.1, -0.05) is 0 Å². The number of cyclic esters (lactones) is 4. The van der Waals surface area contributed by atoms with Gasteiger partial charge in [-0.25, -0.2) is 9.59 Å². The molecule has 0 aromatic rings.